The second-order valence-corrected chi connectivity index (χ2v) is 5.46. The molecule has 1 aliphatic carbocycles. The molecule has 21 heavy (non-hydrogen) atoms. The molecule has 0 heterocycles. The minimum atomic E-state index is -0.694. The number of rotatable bonds is 7. The van der Waals surface area contributed by atoms with E-state index in [0.717, 1.165) is 24.8 Å². The second kappa shape index (κ2) is 7.31. The molecule has 0 saturated heterocycles. The van der Waals surface area contributed by atoms with Crippen LogP contribution in [-0.4, -0.2) is 29.3 Å². The monoisotopic (exact) mass is 293 g/mol. The van der Waals surface area contributed by atoms with Gasteiger partial charge in [0.2, 0.25) is 0 Å². The molecule has 1 aromatic carbocycles. The van der Waals surface area contributed by atoms with E-state index in [1.807, 2.05) is 19.1 Å². The van der Waals surface area contributed by atoms with E-state index in [2.05, 4.69) is 5.32 Å². The summed E-state index contributed by atoms with van der Waals surface area (Å²) in [5.74, 6) is -0.102. The fourth-order valence-corrected chi connectivity index (χ4v) is 2.98. The molecule has 2 rings (SSSR count). The molecule has 116 valence electrons. The molecule has 2 atom stereocenters. The number of para-hydroxylation sites is 1. The van der Waals surface area contributed by atoms with Gasteiger partial charge in [-0.25, -0.2) is 0 Å². The molecule has 0 aliphatic heterocycles. The lowest BCUT2D eigenvalue weighted by molar-refractivity contribution is -0.142. The maximum absolute atomic E-state index is 11.1. The molecule has 5 heteroatoms. The Labute approximate surface area is 124 Å². The van der Waals surface area contributed by atoms with Gasteiger partial charge >= 0.3 is 5.97 Å². The van der Waals surface area contributed by atoms with Gasteiger partial charge in [0, 0.05) is 12.1 Å². The van der Waals surface area contributed by atoms with Gasteiger partial charge in [-0.3, -0.25) is 4.79 Å². The number of phenols is 1. The molecule has 1 aromatic rings. The lowest BCUT2D eigenvalue weighted by Crippen LogP contribution is -2.28. The fourth-order valence-electron chi connectivity index (χ4n) is 2.98. The molecule has 0 radical (unpaired) electrons. The minimum Gasteiger partial charge on any atom is -0.504 e. The zero-order chi connectivity index (χ0) is 15.2. The first kappa shape index (κ1) is 15.6. The van der Waals surface area contributed by atoms with E-state index in [1.165, 1.54) is 0 Å². The van der Waals surface area contributed by atoms with Gasteiger partial charge in [-0.15, -0.1) is 0 Å². The van der Waals surface area contributed by atoms with E-state index in [4.69, 9.17) is 9.84 Å². The molecule has 0 bridgehead atoms. The predicted octanol–water partition coefficient (Wildman–Crippen LogP) is 2.38. The van der Waals surface area contributed by atoms with Crippen molar-refractivity contribution in [2.75, 3.05) is 13.2 Å². The van der Waals surface area contributed by atoms with Gasteiger partial charge in [-0.1, -0.05) is 18.6 Å². The summed E-state index contributed by atoms with van der Waals surface area (Å²) in [5.41, 5.74) is 0.769. The third kappa shape index (κ3) is 3.88. The van der Waals surface area contributed by atoms with E-state index < -0.39 is 5.97 Å². The summed E-state index contributed by atoms with van der Waals surface area (Å²) >= 11 is 0. The Hall–Kier alpha value is -1.75. The van der Waals surface area contributed by atoms with Gasteiger partial charge in [-0.05, 0) is 38.3 Å². The topological polar surface area (TPSA) is 78.8 Å². The summed E-state index contributed by atoms with van der Waals surface area (Å²) in [6.07, 6.45) is 2.70. The van der Waals surface area contributed by atoms with E-state index in [1.54, 1.807) is 6.07 Å². The number of phenolic OH excluding ortho intramolecular Hbond substituents is 1. The normalized spacial score (nSPS) is 21.4. The Morgan fingerprint density at radius 3 is 2.95 bits per heavy atom. The summed E-state index contributed by atoms with van der Waals surface area (Å²) < 4.78 is 5.35. The van der Waals surface area contributed by atoms with Crippen molar-refractivity contribution in [3.05, 3.63) is 23.8 Å². The van der Waals surface area contributed by atoms with Crippen molar-refractivity contribution in [3.8, 4) is 11.5 Å². The first-order valence-corrected chi connectivity index (χ1v) is 7.50. The highest BCUT2D eigenvalue weighted by atomic mass is 16.5. The Balaban J connectivity index is 1.89. The van der Waals surface area contributed by atoms with Crippen LogP contribution in [0.2, 0.25) is 0 Å². The molecule has 0 spiro atoms. The number of carboxylic acid groups (broad SMARTS) is 1. The van der Waals surface area contributed by atoms with Crippen LogP contribution in [0.1, 0.15) is 31.7 Å². The van der Waals surface area contributed by atoms with Crippen LogP contribution in [0.3, 0.4) is 0 Å². The van der Waals surface area contributed by atoms with Crippen molar-refractivity contribution >= 4 is 5.97 Å². The molecule has 0 aromatic heterocycles. The molecule has 1 fully saturated rings. The average molecular weight is 293 g/mol. The molecule has 2 unspecified atom stereocenters. The number of hydrogen-bond acceptors (Lipinski definition) is 4. The van der Waals surface area contributed by atoms with Crippen molar-refractivity contribution < 1.29 is 19.7 Å². The quantitative estimate of drug-likeness (QED) is 0.719. The standard InChI is InChI=1S/C16H23NO4/c1-2-21-14-8-4-6-12(15(14)18)10-17-9-11-5-3-7-13(11)16(19)20/h4,6,8,11,13,17-18H,2-3,5,7,9-10H2,1H3,(H,19,20). The molecule has 1 aliphatic rings. The van der Waals surface area contributed by atoms with Crippen molar-refractivity contribution in [2.45, 2.75) is 32.7 Å². The highest BCUT2D eigenvalue weighted by Gasteiger charge is 2.32. The maximum atomic E-state index is 11.1. The van der Waals surface area contributed by atoms with Gasteiger partial charge in [0.1, 0.15) is 0 Å². The van der Waals surface area contributed by atoms with Crippen LogP contribution in [0.4, 0.5) is 0 Å². The van der Waals surface area contributed by atoms with Crippen LogP contribution >= 0.6 is 0 Å². The van der Waals surface area contributed by atoms with Gasteiger partial charge in [0.05, 0.1) is 12.5 Å². The number of carbonyl (C=O) groups is 1. The first-order valence-electron chi connectivity index (χ1n) is 7.50. The van der Waals surface area contributed by atoms with Crippen molar-refractivity contribution in [3.63, 3.8) is 0 Å². The summed E-state index contributed by atoms with van der Waals surface area (Å²) in [4.78, 5) is 11.1. The van der Waals surface area contributed by atoms with Crippen molar-refractivity contribution in [2.24, 2.45) is 11.8 Å². The van der Waals surface area contributed by atoms with Crippen LogP contribution in [0, 0.1) is 11.8 Å². The fraction of sp³-hybridized carbons (Fsp3) is 0.562. The Morgan fingerprint density at radius 2 is 2.24 bits per heavy atom. The number of aliphatic carboxylic acids is 1. The van der Waals surface area contributed by atoms with Crippen molar-refractivity contribution in [1.82, 2.24) is 5.32 Å². The average Bonchev–Trinajstić information content (AvgIpc) is 2.92. The molecule has 0 amide bonds. The molecule has 5 nitrogen and oxygen atoms in total. The van der Waals surface area contributed by atoms with E-state index in [-0.39, 0.29) is 17.6 Å². The smallest absolute Gasteiger partial charge is 0.306 e. The molecule has 1 saturated carbocycles. The zero-order valence-corrected chi connectivity index (χ0v) is 12.3. The van der Waals surface area contributed by atoms with Crippen LogP contribution in [0.25, 0.3) is 0 Å². The number of benzene rings is 1. The number of aromatic hydroxyl groups is 1. The van der Waals surface area contributed by atoms with Crippen molar-refractivity contribution in [1.29, 1.82) is 0 Å². The number of carboxylic acids is 1. The number of hydrogen-bond donors (Lipinski definition) is 3. The van der Waals surface area contributed by atoms with E-state index >= 15 is 0 Å². The largest absolute Gasteiger partial charge is 0.504 e. The van der Waals surface area contributed by atoms with Crippen LogP contribution < -0.4 is 10.1 Å². The highest BCUT2D eigenvalue weighted by molar-refractivity contribution is 5.70. The molecular weight excluding hydrogens is 270 g/mol. The number of nitrogens with one attached hydrogen (secondary N) is 1. The van der Waals surface area contributed by atoms with Gasteiger partial charge in [0.25, 0.3) is 0 Å². The summed E-state index contributed by atoms with van der Waals surface area (Å²) in [5, 5.41) is 22.5. The Morgan fingerprint density at radius 1 is 1.43 bits per heavy atom. The summed E-state index contributed by atoms with van der Waals surface area (Å²) in [7, 11) is 0. The van der Waals surface area contributed by atoms with Gasteiger partial charge in [0.15, 0.2) is 11.5 Å². The van der Waals surface area contributed by atoms with E-state index in [9.17, 15) is 9.90 Å². The zero-order valence-electron chi connectivity index (χ0n) is 12.3. The Bertz CT molecular complexity index is 489. The maximum Gasteiger partial charge on any atom is 0.306 e. The predicted molar refractivity (Wildman–Crippen MR) is 79.4 cm³/mol. The Kier molecular flexibility index (Phi) is 5.44. The van der Waals surface area contributed by atoms with Crippen LogP contribution in [0.5, 0.6) is 11.5 Å². The minimum absolute atomic E-state index is 0.160. The lowest BCUT2D eigenvalue weighted by Gasteiger charge is -2.17. The van der Waals surface area contributed by atoms with Gasteiger partial charge < -0.3 is 20.3 Å². The first-order chi connectivity index (χ1) is 10.1. The third-order valence-electron chi connectivity index (χ3n) is 4.08. The molecule has 3 N–H and O–H groups in total. The molecular formula is C16H23NO4. The lowest BCUT2D eigenvalue weighted by atomic mass is 9.96. The van der Waals surface area contributed by atoms with Gasteiger partial charge in [-0.2, -0.15) is 0 Å². The van der Waals surface area contributed by atoms with Crippen LogP contribution in [0.15, 0.2) is 18.2 Å². The van der Waals surface area contributed by atoms with E-state index in [0.29, 0.717) is 25.4 Å². The summed E-state index contributed by atoms with van der Waals surface area (Å²) in [6.45, 7) is 3.55. The third-order valence-corrected chi connectivity index (χ3v) is 4.08. The number of ether oxygens (including phenoxy) is 1. The van der Waals surface area contributed by atoms with Crippen LogP contribution in [-0.2, 0) is 11.3 Å². The summed E-state index contributed by atoms with van der Waals surface area (Å²) in [6, 6.07) is 5.42. The highest BCUT2D eigenvalue weighted by Crippen LogP contribution is 2.32. The SMILES string of the molecule is CCOc1cccc(CNCC2CCCC2C(=O)O)c1O. The second-order valence-electron chi connectivity index (χ2n) is 5.46.